The SMILES string of the molecule is Cc1oc(-c2ccc(CBr)cc2)nc1CS(=O)(=O)CC(=O)NCCC1=CC=C(F)CC1. The molecule has 0 atom stereocenters. The van der Waals surface area contributed by atoms with E-state index in [0.717, 1.165) is 22.0 Å². The number of aromatic nitrogens is 1. The normalized spacial score (nSPS) is 14.2. The molecular weight excluding hydrogens is 487 g/mol. The Morgan fingerprint density at radius 1 is 1.23 bits per heavy atom. The zero-order chi connectivity index (χ0) is 22.4. The number of alkyl halides is 1. The number of carbonyl (C=O) groups excluding carboxylic acids is 1. The molecule has 3 rings (SSSR count). The number of oxazole rings is 1. The van der Waals surface area contributed by atoms with Crippen LogP contribution in [-0.4, -0.2) is 31.6 Å². The number of nitrogens with one attached hydrogen (secondary N) is 1. The second kappa shape index (κ2) is 10.4. The number of nitrogens with zero attached hydrogens (tertiary/aromatic N) is 1. The van der Waals surface area contributed by atoms with Crippen LogP contribution in [0.4, 0.5) is 4.39 Å². The standard InChI is InChI=1S/C22H24BrFN2O4S/c1-15-20(26-22(30-15)18-6-2-17(12-23)3-7-18)13-31(28,29)14-21(27)25-11-10-16-4-8-19(24)9-5-16/h2-4,6-8H,5,9-14H2,1H3,(H,25,27). The molecule has 0 saturated carbocycles. The molecular formula is C22H24BrFN2O4S. The average molecular weight is 511 g/mol. The summed E-state index contributed by atoms with van der Waals surface area (Å²) >= 11 is 3.39. The molecule has 0 spiro atoms. The molecule has 9 heteroatoms. The lowest BCUT2D eigenvalue weighted by Crippen LogP contribution is -2.31. The van der Waals surface area contributed by atoms with Crippen molar-refractivity contribution in [1.29, 1.82) is 0 Å². The summed E-state index contributed by atoms with van der Waals surface area (Å²) in [6.45, 7) is 1.97. The second-order valence-electron chi connectivity index (χ2n) is 7.42. The predicted octanol–water partition coefficient (Wildman–Crippen LogP) is 4.54. The number of amides is 1. The summed E-state index contributed by atoms with van der Waals surface area (Å²) in [4.78, 5) is 16.4. The Hall–Kier alpha value is -2.26. The van der Waals surface area contributed by atoms with Crippen molar-refractivity contribution >= 4 is 31.7 Å². The summed E-state index contributed by atoms with van der Waals surface area (Å²) in [6, 6.07) is 7.58. The highest BCUT2D eigenvalue weighted by molar-refractivity contribution is 9.08. The molecule has 1 N–H and O–H groups in total. The van der Waals surface area contributed by atoms with Crippen molar-refractivity contribution in [1.82, 2.24) is 10.3 Å². The van der Waals surface area contributed by atoms with Crippen LogP contribution < -0.4 is 5.32 Å². The zero-order valence-corrected chi connectivity index (χ0v) is 19.6. The molecule has 1 aliphatic carbocycles. The fourth-order valence-corrected chi connectivity index (χ4v) is 4.82. The lowest BCUT2D eigenvalue weighted by molar-refractivity contribution is -0.118. The Labute approximate surface area is 189 Å². The maximum absolute atomic E-state index is 13.0. The Morgan fingerprint density at radius 2 is 1.97 bits per heavy atom. The summed E-state index contributed by atoms with van der Waals surface area (Å²) in [6.07, 6.45) is 4.68. The van der Waals surface area contributed by atoms with Gasteiger partial charge in [0.05, 0.1) is 11.4 Å². The van der Waals surface area contributed by atoms with Crippen molar-refractivity contribution in [2.24, 2.45) is 0 Å². The molecule has 0 saturated heterocycles. The number of rotatable bonds is 9. The molecule has 1 aromatic heterocycles. The molecule has 0 radical (unpaired) electrons. The highest BCUT2D eigenvalue weighted by atomic mass is 79.9. The lowest BCUT2D eigenvalue weighted by Gasteiger charge is -2.11. The van der Waals surface area contributed by atoms with Crippen molar-refractivity contribution in [3.8, 4) is 11.5 Å². The van der Waals surface area contributed by atoms with E-state index in [2.05, 4.69) is 26.2 Å². The Kier molecular flexibility index (Phi) is 7.83. The van der Waals surface area contributed by atoms with Crippen LogP contribution in [0, 0.1) is 6.92 Å². The van der Waals surface area contributed by atoms with Gasteiger partial charge < -0.3 is 9.73 Å². The van der Waals surface area contributed by atoms with Crippen LogP contribution in [0.5, 0.6) is 0 Å². The third-order valence-corrected chi connectivity index (χ3v) is 6.97. The maximum atomic E-state index is 13.0. The molecule has 0 aliphatic heterocycles. The van der Waals surface area contributed by atoms with E-state index in [9.17, 15) is 17.6 Å². The second-order valence-corrected chi connectivity index (χ2v) is 10.0. The number of carbonyl (C=O) groups is 1. The summed E-state index contributed by atoms with van der Waals surface area (Å²) in [5.74, 6) is -0.953. The number of hydrogen-bond acceptors (Lipinski definition) is 5. The minimum atomic E-state index is -3.71. The Balaban J connectivity index is 1.55. The highest BCUT2D eigenvalue weighted by Gasteiger charge is 2.22. The number of sulfone groups is 1. The van der Waals surface area contributed by atoms with Gasteiger partial charge in [-0.1, -0.05) is 39.7 Å². The van der Waals surface area contributed by atoms with E-state index in [1.165, 1.54) is 6.08 Å². The van der Waals surface area contributed by atoms with Crippen LogP contribution >= 0.6 is 15.9 Å². The average Bonchev–Trinajstić information content (AvgIpc) is 3.08. The van der Waals surface area contributed by atoms with Crippen molar-refractivity contribution in [2.75, 3.05) is 12.3 Å². The van der Waals surface area contributed by atoms with Gasteiger partial charge in [-0.25, -0.2) is 17.8 Å². The van der Waals surface area contributed by atoms with Gasteiger partial charge in [-0.3, -0.25) is 4.79 Å². The molecule has 0 bridgehead atoms. The van der Waals surface area contributed by atoms with E-state index >= 15 is 0 Å². The minimum absolute atomic E-state index is 0.152. The van der Waals surface area contributed by atoms with Crippen molar-refractivity contribution in [3.63, 3.8) is 0 Å². The number of allylic oxidation sites excluding steroid dienone is 3. The van der Waals surface area contributed by atoms with Gasteiger partial charge in [0.2, 0.25) is 11.8 Å². The molecule has 6 nitrogen and oxygen atoms in total. The molecule has 1 heterocycles. The third kappa shape index (κ3) is 6.87. The smallest absolute Gasteiger partial charge is 0.235 e. The first-order valence-corrected chi connectivity index (χ1v) is 12.8. The van der Waals surface area contributed by atoms with Gasteiger partial charge >= 0.3 is 0 Å². The number of aryl methyl sites for hydroxylation is 1. The lowest BCUT2D eigenvalue weighted by atomic mass is 10.0. The summed E-state index contributed by atoms with van der Waals surface area (Å²) in [5, 5.41) is 3.35. The van der Waals surface area contributed by atoms with Gasteiger partial charge in [-0.2, -0.15) is 0 Å². The highest BCUT2D eigenvalue weighted by Crippen LogP contribution is 2.24. The van der Waals surface area contributed by atoms with Crippen molar-refractivity contribution < 1.29 is 22.0 Å². The quantitative estimate of drug-likeness (QED) is 0.500. The molecule has 1 aromatic carbocycles. The molecule has 0 fully saturated rings. The van der Waals surface area contributed by atoms with Crippen LogP contribution in [-0.2, 0) is 25.7 Å². The molecule has 0 unspecified atom stereocenters. The minimum Gasteiger partial charge on any atom is -0.441 e. The zero-order valence-electron chi connectivity index (χ0n) is 17.2. The van der Waals surface area contributed by atoms with E-state index in [1.807, 2.05) is 24.3 Å². The van der Waals surface area contributed by atoms with E-state index in [-0.39, 0.29) is 11.6 Å². The van der Waals surface area contributed by atoms with Crippen molar-refractivity contribution in [3.05, 3.63) is 64.8 Å². The first-order valence-electron chi connectivity index (χ1n) is 9.88. The summed E-state index contributed by atoms with van der Waals surface area (Å²) in [5.41, 5.74) is 3.18. The topological polar surface area (TPSA) is 89.3 Å². The fourth-order valence-electron chi connectivity index (χ4n) is 3.16. The van der Waals surface area contributed by atoms with E-state index < -0.39 is 21.5 Å². The van der Waals surface area contributed by atoms with Gasteiger partial charge in [-0.15, -0.1) is 0 Å². The molecule has 166 valence electrons. The number of benzene rings is 1. The third-order valence-electron chi connectivity index (χ3n) is 4.91. The van der Waals surface area contributed by atoms with Crippen LogP contribution in [0.15, 0.2) is 52.2 Å². The summed E-state index contributed by atoms with van der Waals surface area (Å²) < 4.78 is 43.6. The van der Waals surface area contributed by atoms with Gasteiger partial charge in [0, 0.05) is 23.9 Å². The van der Waals surface area contributed by atoms with Gasteiger partial charge in [-0.05, 0) is 43.5 Å². The molecule has 1 aliphatic rings. The molecule has 2 aromatic rings. The van der Waals surface area contributed by atoms with E-state index in [4.69, 9.17) is 4.42 Å². The van der Waals surface area contributed by atoms with Crippen molar-refractivity contribution in [2.45, 2.75) is 37.3 Å². The summed E-state index contributed by atoms with van der Waals surface area (Å²) in [7, 11) is -3.71. The molecule has 31 heavy (non-hydrogen) atoms. The molecule has 1 amide bonds. The monoisotopic (exact) mass is 510 g/mol. The Morgan fingerprint density at radius 3 is 2.61 bits per heavy atom. The maximum Gasteiger partial charge on any atom is 0.235 e. The van der Waals surface area contributed by atoms with Crippen LogP contribution in [0.3, 0.4) is 0 Å². The van der Waals surface area contributed by atoms with Gasteiger partial charge in [0.1, 0.15) is 17.3 Å². The van der Waals surface area contributed by atoms with Gasteiger partial charge in [0.15, 0.2) is 9.84 Å². The first-order chi connectivity index (χ1) is 14.8. The van der Waals surface area contributed by atoms with Crippen LogP contribution in [0.2, 0.25) is 0 Å². The predicted molar refractivity (Wildman–Crippen MR) is 121 cm³/mol. The van der Waals surface area contributed by atoms with Crippen LogP contribution in [0.1, 0.15) is 36.3 Å². The number of hydrogen-bond donors (Lipinski definition) is 1. The van der Waals surface area contributed by atoms with Crippen LogP contribution in [0.25, 0.3) is 11.5 Å². The first kappa shape index (κ1) is 23.4. The van der Waals surface area contributed by atoms with E-state index in [0.29, 0.717) is 43.2 Å². The van der Waals surface area contributed by atoms with E-state index in [1.54, 1.807) is 13.0 Å². The Bertz CT molecular complexity index is 1110. The number of halogens is 2. The van der Waals surface area contributed by atoms with Gasteiger partial charge in [0.25, 0.3) is 0 Å². The fraction of sp³-hybridized carbons (Fsp3) is 0.364. The largest absolute Gasteiger partial charge is 0.441 e.